The smallest absolute Gasteiger partial charge is 0.222 e. The van der Waals surface area contributed by atoms with Gasteiger partial charge in [0.05, 0.1) is 6.33 Å². The van der Waals surface area contributed by atoms with Crippen molar-refractivity contribution in [3.63, 3.8) is 0 Å². The summed E-state index contributed by atoms with van der Waals surface area (Å²) in [5.41, 5.74) is 15.1. The van der Waals surface area contributed by atoms with Gasteiger partial charge in [-0.25, -0.2) is 15.0 Å². The molecule has 0 saturated carbocycles. The molecule has 0 aliphatic rings. The standard InChI is InChI=1S/C11H11N7/c1-5-2-7(12)14-3-6(5)8-9-10(16-4-15-9)18-11(13)17-8/h2-4H,1H3,(H2,12,14)(H3,13,15,16,17,18). The van der Waals surface area contributed by atoms with Gasteiger partial charge in [0.1, 0.15) is 17.0 Å². The number of nitrogens with zero attached hydrogens (tertiary/aromatic N) is 4. The van der Waals surface area contributed by atoms with Crippen LogP contribution in [0.1, 0.15) is 5.56 Å². The molecule has 7 nitrogen and oxygen atoms in total. The molecule has 3 aromatic rings. The maximum Gasteiger partial charge on any atom is 0.222 e. The van der Waals surface area contributed by atoms with Gasteiger partial charge >= 0.3 is 0 Å². The predicted octanol–water partition coefficient (Wildman–Crippen LogP) is 0.888. The van der Waals surface area contributed by atoms with Gasteiger partial charge in [-0.05, 0) is 18.6 Å². The van der Waals surface area contributed by atoms with E-state index in [0.29, 0.717) is 17.2 Å². The minimum absolute atomic E-state index is 0.181. The van der Waals surface area contributed by atoms with E-state index < -0.39 is 0 Å². The number of pyridine rings is 1. The van der Waals surface area contributed by atoms with E-state index in [1.54, 1.807) is 18.6 Å². The van der Waals surface area contributed by atoms with Crippen LogP contribution >= 0.6 is 0 Å². The van der Waals surface area contributed by atoms with Gasteiger partial charge in [-0.2, -0.15) is 4.98 Å². The Kier molecular flexibility index (Phi) is 2.12. The first-order valence-electron chi connectivity index (χ1n) is 5.34. The van der Waals surface area contributed by atoms with Crippen LogP contribution in [0.5, 0.6) is 0 Å². The highest BCUT2D eigenvalue weighted by molar-refractivity contribution is 5.88. The molecule has 3 rings (SSSR count). The second-order valence-electron chi connectivity index (χ2n) is 3.96. The van der Waals surface area contributed by atoms with E-state index in [0.717, 1.165) is 16.6 Å². The minimum Gasteiger partial charge on any atom is -0.384 e. The van der Waals surface area contributed by atoms with Crippen LogP contribution in [0.3, 0.4) is 0 Å². The molecule has 5 N–H and O–H groups in total. The molecule has 90 valence electrons. The Hall–Kier alpha value is -2.70. The van der Waals surface area contributed by atoms with Gasteiger partial charge in [0.15, 0.2) is 5.65 Å². The fourth-order valence-electron chi connectivity index (χ4n) is 1.87. The van der Waals surface area contributed by atoms with E-state index in [-0.39, 0.29) is 5.95 Å². The molecule has 0 aliphatic carbocycles. The number of imidazole rings is 1. The third-order valence-corrected chi connectivity index (χ3v) is 2.69. The molecule has 0 unspecified atom stereocenters. The second-order valence-corrected chi connectivity index (χ2v) is 3.96. The van der Waals surface area contributed by atoms with Gasteiger partial charge < -0.3 is 16.5 Å². The number of nitrogen functional groups attached to an aromatic ring is 2. The molecule has 0 aromatic carbocycles. The molecular weight excluding hydrogens is 230 g/mol. The largest absolute Gasteiger partial charge is 0.384 e. The molecule has 0 radical (unpaired) electrons. The Morgan fingerprint density at radius 1 is 1.17 bits per heavy atom. The molecule has 18 heavy (non-hydrogen) atoms. The Labute approximate surface area is 102 Å². The van der Waals surface area contributed by atoms with Crippen molar-refractivity contribution in [1.29, 1.82) is 0 Å². The molecule has 3 heterocycles. The monoisotopic (exact) mass is 241 g/mol. The number of hydrogen-bond donors (Lipinski definition) is 3. The molecule has 0 saturated heterocycles. The van der Waals surface area contributed by atoms with Crippen molar-refractivity contribution >= 4 is 22.9 Å². The highest BCUT2D eigenvalue weighted by Gasteiger charge is 2.13. The predicted molar refractivity (Wildman–Crippen MR) is 68.5 cm³/mol. The summed E-state index contributed by atoms with van der Waals surface area (Å²) in [5, 5.41) is 0. The van der Waals surface area contributed by atoms with Crippen LogP contribution < -0.4 is 11.5 Å². The van der Waals surface area contributed by atoms with Gasteiger partial charge in [0.25, 0.3) is 0 Å². The third-order valence-electron chi connectivity index (χ3n) is 2.69. The quantitative estimate of drug-likeness (QED) is 0.582. The zero-order valence-electron chi connectivity index (χ0n) is 9.68. The van der Waals surface area contributed by atoms with Crippen LogP contribution in [0.4, 0.5) is 11.8 Å². The van der Waals surface area contributed by atoms with Crippen LogP contribution in [-0.4, -0.2) is 24.9 Å². The lowest BCUT2D eigenvalue weighted by Crippen LogP contribution is -2.00. The van der Waals surface area contributed by atoms with Crippen molar-refractivity contribution in [2.45, 2.75) is 6.92 Å². The van der Waals surface area contributed by atoms with Gasteiger partial charge in [-0.3, -0.25) is 0 Å². The number of aromatic amines is 1. The van der Waals surface area contributed by atoms with Crippen molar-refractivity contribution < 1.29 is 0 Å². The molecule has 0 fully saturated rings. The number of H-pyrrole nitrogens is 1. The fourth-order valence-corrected chi connectivity index (χ4v) is 1.87. The summed E-state index contributed by atoms with van der Waals surface area (Å²) < 4.78 is 0. The molecule has 0 atom stereocenters. The Morgan fingerprint density at radius 3 is 2.78 bits per heavy atom. The van der Waals surface area contributed by atoms with E-state index in [2.05, 4.69) is 24.9 Å². The lowest BCUT2D eigenvalue weighted by Gasteiger charge is -2.06. The van der Waals surface area contributed by atoms with Gasteiger partial charge in [-0.1, -0.05) is 0 Å². The molecule has 0 spiro atoms. The van der Waals surface area contributed by atoms with Crippen LogP contribution in [0, 0.1) is 6.92 Å². The number of anilines is 2. The fraction of sp³-hybridized carbons (Fsp3) is 0.0909. The van der Waals surface area contributed by atoms with E-state index in [4.69, 9.17) is 11.5 Å². The summed E-state index contributed by atoms with van der Waals surface area (Å²) in [4.78, 5) is 19.5. The molecule has 0 amide bonds. The number of fused-ring (bicyclic) bond motifs is 1. The maximum atomic E-state index is 5.68. The zero-order chi connectivity index (χ0) is 12.7. The van der Waals surface area contributed by atoms with E-state index >= 15 is 0 Å². The molecule has 0 aliphatic heterocycles. The summed E-state index contributed by atoms with van der Waals surface area (Å²) in [7, 11) is 0. The first kappa shape index (κ1) is 10.5. The highest BCUT2D eigenvalue weighted by atomic mass is 15.1. The lowest BCUT2D eigenvalue weighted by atomic mass is 10.1. The summed E-state index contributed by atoms with van der Waals surface area (Å²) in [6, 6.07) is 1.79. The highest BCUT2D eigenvalue weighted by Crippen LogP contribution is 2.27. The van der Waals surface area contributed by atoms with Crippen LogP contribution in [0.2, 0.25) is 0 Å². The van der Waals surface area contributed by atoms with Gasteiger partial charge in [0, 0.05) is 11.8 Å². The average Bonchev–Trinajstić information content (AvgIpc) is 2.76. The van der Waals surface area contributed by atoms with Crippen molar-refractivity contribution in [2.24, 2.45) is 0 Å². The summed E-state index contributed by atoms with van der Waals surface area (Å²) in [6.07, 6.45) is 3.23. The van der Waals surface area contributed by atoms with Crippen molar-refractivity contribution in [3.8, 4) is 11.3 Å². The number of rotatable bonds is 1. The zero-order valence-corrected chi connectivity index (χ0v) is 9.68. The van der Waals surface area contributed by atoms with E-state index in [1.807, 2.05) is 6.92 Å². The van der Waals surface area contributed by atoms with Crippen LogP contribution in [-0.2, 0) is 0 Å². The van der Waals surface area contributed by atoms with E-state index in [9.17, 15) is 0 Å². The first-order valence-corrected chi connectivity index (χ1v) is 5.34. The Bertz CT molecular complexity index is 731. The Morgan fingerprint density at radius 2 is 2.00 bits per heavy atom. The van der Waals surface area contributed by atoms with Crippen molar-refractivity contribution in [3.05, 3.63) is 24.2 Å². The maximum absolute atomic E-state index is 5.68. The number of nitrogens with one attached hydrogen (secondary N) is 1. The molecule has 0 bridgehead atoms. The third kappa shape index (κ3) is 1.53. The summed E-state index contributed by atoms with van der Waals surface area (Å²) in [5.74, 6) is 0.653. The summed E-state index contributed by atoms with van der Waals surface area (Å²) in [6.45, 7) is 1.94. The number of aromatic nitrogens is 5. The minimum atomic E-state index is 0.181. The van der Waals surface area contributed by atoms with Gasteiger partial charge in [-0.15, -0.1) is 0 Å². The van der Waals surface area contributed by atoms with Crippen LogP contribution in [0.25, 0.3) is 22.4 Å². The average molecular weight is 241 g/mol. The normalized spacial score (nSPS) is 10.9. The first-order chi connectivity index (χ1) is 8.65. The van der Waals surface area contributed by atoms with Crippen LogP contribution in [0.15, 0.2) is 18.6 Å². The Balaban J connectivity index is 2.33. The SMILES string of the molecule is Cc1cc(N)ncc1-c1nc(N)nc2nc[nH]c12. The second kappa shape index (κ2) is 3.66. The topological polar surface area (TPSA) is 119 Å². The number of hydrogen-bond acceptors (Lipinski definition) is 6. The van der Waals surface area contributed by atoms with Crippen molar-refractivity contribution in [2.75, 3.05) is 11.5 Å². The number of nitrogens with two attached hydrogens (primary N) is 2. The lowest BCUT2D eigenvalue weighted by molar-refractivity contribution is 1.20. The molecule has 7 heteroatoms. The molecule has 3 aromatic heterocycles. The van der Waals surface area contributed by atoms with Gasteiger partial charge in [0.2, 0.25) is 5.95 Å². The van der Waals surface area contributed by atoms with E-state index in [1.165, 1.54) is 0 Å². The summed E-state index contributed by atoms with van der Waals surface area (Å²) >= 11 is 0. The molecular formula is C11H11N7. The van der Waals surface area contributed by atoms with Crippen molar-refractivity contribution in [1.82, 2.24) is 24.9 Å². The number of aryl methyl sites for hydroxylation is 1.